The molecule has 0 amide bonds. The smallest absolute Gasteiger partial charge is 0.222 e. The lowest BCUT2D eigenvalue weighted by Crippen LogP contribution is -2.05. The number of ether oxygens (including phenoxy) is 4. The van der Waals surface area contributed by atoms with Crippen LogP contribution in [0.5, 0.6) is 34.5 Å². The van der Waals surface area contributed by atoms with Crippen molar-refractivity contribution in [1.82, 2.24) is 19.9 Å². The molecule has 4 rings (SSSR count). The van der Waals surface area contributed by atoms with Crippen LogP contribution >= 0.6 is 45.2 Å². The van der Waals surface area contributed by atoms with Gasteiger partial charge in [0.25, 0.3) is 0 Å². The molecule has 0 aliphatic heterocycles. The molecule has 0 fully saturated rings. The zero-order chi connectivity index (χ0) is 34.0. The molecule has 248 valence electrons. The van der Waals surface area contributed by atoms with Crippen molar-refractivity contribution in [3.63, 3.8) is 0 Å². The molecule has 2 aromatic carbocycles. The van der Waals surface area contributed by atoms with Crippen molar-refractivity contribution in [3.8, 4) is 34.5 Å². The SMILES string of the molecule is CC(C)c1cc(OCCO)c(I)cc1Oc1cnc(N)nc1N.CCCOc1cc(C(C)C)c(Oc2cnc(N)nc2N)cc1I. The first-order valence-electron chi connectivity index (χ1n) is 14.5. The summed E-state index contributed by atoms with van der Waals surface area (Å²) in [7, 11) is 0. The number of benzene rings is 2. The number of nitrogens with two attached hydrogens (primary N) is 4. The van der Waals surface area contributed by atoms with Crippen LogP contribution in [0.2, 0.25) is 0 Å². The van der Waals surface area contributed by atoms with Gasteiger partial charge in [-0.2, -0.15) is 9.97 Å². The molecule has 0 radical (unpaired) electrons. The fraction of sp³-hybridized carbons (Fsp3) is 0.355. The average molecular weight is 859 g/mol. The Kier molecular flexibility index (Phi) is 13.9. The highest BCUT2D eigenvalue weighted by molar-refractivity contribution is 14.1. The molecule has 0 unspecified atom stereocenters. The molecule has 0 aliphatic carbocycles. The Morgan fingerprint density at radius 1 is 0.652 bits per heavy atom. The summed E-state index contributed by atoms with van der Waals surface area (Å²) in [5.41, 5.74) is 24.7. The predicted octanol–water partition coefficient (Wildman–Crippen LogP) is 6.48. The maximum atomic E-state index is 8.91. The third-order valence-corrected chi connectivity index (χ3v) is 7.91. The molecule has 2 heterocycles. The Hall–Kier alpha value is -3.58. The summed E-state index contributed by atoms with van der Waals surface area (Å²) < 4.78 is 25.0. The van der Waals surface area contributed by atoms with Crippen LogP contribution in [0.15, 0.2) is 36.7 Å². The largest absolute Gasteiger partial charge is 0.492 e. The zero-order valence-electron chi connectivity index (χ0n) is 26.4. The van der Waals surface area contributed by atoms with Gasteiger partial charge < -0.3 is 47.0 Å². The minimum absolute atomic E-state index is 0.0371. The number of anilines is 4. The lowest BCUT2D eigenvalue weighted by Gasteiger charge is -2.17. The number of hydrogen-bond acceptors (Lipinski definition) is 13. The van der Waals surface area contributed by atoms with Crippen molar-refractivity contribution in [2.75, 3.05) is 42.8 Å². The quantitative estimate of drug-likeness (QED) is 0.0967. The molecule has 0 saturated carbocycles. The van der Waals surface area contributed by atoms with Crippen molar-refractivity contribution in [2.24, 2.45) is 0 Å². The van der Waals surface area contributed by atoms with Crippen molar-refractivity contribution in [1.29, 1.82) is 0 Å². The van der Waals surface area contributed by atoms with Gasteiger partial charge in [-0.3, -0.25) is 0 Å². The van der Waals surface area contributed by atoms with E-state index in [9.17, 15) is 0 Å². The number of nitrogens with zero attached hydrogens (tertiary/aromatic N) is 4. The van der Waals surface area contributed by atoms with Crippen LogP contribution in [0.3, 0.4) is 0 Å². The van der Waals surface area contributed by atoms with E-state index in [4.69, 9.17) is 47.0 Å². The van der Waals surface area contributed by atoms with Crippen LogP contribution in [0, 0.1) is 7.14 Å². The van der Waals surface area contributed by atoms with E-state index in [1.165, 1.54) is 12.4 Å². The average Bonchev–Trinajstić information content (AvgIpc) is 2.99. The van der Waals surface area contributed by atoms with E-state index in [0.29, 0.717) is 35.4 Å². The molecule has 9 N–H and O–H groups in total. The van der Waals surface area contributed by atoms with E-state index in [2.05, 4.69) is 85.9 Å². The van der Waals surface area contributed by atoms with E-state index >= 15 is 0 Å². The van der Waals surface area contributed by atoms with Crippen molar-refractivity contribution >= 4 is 68.7 Å². The molecule has 0 bridgehead atoms. The Balaban J connectivity index is 0.000000250. The summed E-state index contributed by atoms with van der Waals surface area (Å²) in [6, 6.07) is 7.73. The van der Waals surface area contributed by atoms with Gasteiger partial charge in [-0.1, -0.05) is 34.6 Å². The second-order valence-corrected chi connectivity index (χ2v) is 12.9. The topological polar surface area (TPSA) is 213 Å². The van der Waals surface area contributed by atoms with Crippen molar-refractivity contribution in [3.05, 3.63) is 54.9 Å². The molecule has 0 atom stereocenters. The van der Waals surface area contributed by atoms with Gasteiger partial charge in [0.05, 0.1) is 32.7 Å². The number of halogens is 2. The standard InChI is InChI=1S/C16H21IN4O2.C15H19IN4O3/c1-4-5-22-13-6-10(9(2)3)12(7-11(13)17)23-14-8-20-16(19)21-15(14)18;1-8(2)9-5-12(22-4-3-21)10(16)6-11(9)23-13-7-19-15(18)20-14(13)17/h6-9H,4-5H2,1-3H3,(H4,18,19,20,21);5-8,21H,3-4H2,1-2H3,(H4,17,18,19,20). The zero-order valence-corrected chi connectivity index (χ0v) is 30.7. The van der Waals surface area contributed by atoms with Gasteiger partial charge in [-0.05, 0) is 87.7 Å². The van der Waals surface area contributed by atoms with Gasteiger partial charge in [0.15, 0.2) is 23.1 Å². The summed E-state index contributed by atoms with van der Waals surface area (Å²) in [5, 5.41) is 8.91. The fourth-order valence-corrected chi connectivity index (χ4v) is 5.15. The summed E-state index contributed by atoms with van der Waals surface area (Å²) in [5.74, 6) is 4.77. The highest BCUT2D eigenvalue weighted by Gasteiger charge is 2.17. The van der Waals surface area contributed by atoms with E-state index in [1.807, 2.05) is 38.1 Å². The first-order chi connectivity index (χ1) is 21.8. The maximum Gasteiger partial charge on any atom is 0.222 e. The molecular formula is C31H40I2N8O5. The summed E-state index contributed by atoms with van der Waals surface area (Å²) in [6.45, 7) is 11.3. The van der Waals surface area contributed by atoms with Crippen LogP contribution < -0.4 is 41.9 Å². The number of aliphatic hydroxyl groups is 1. The third kappa shape index (κ3) is 10.2. The minimum Gasteiger partial charge on any atom is -0.492 e. The lowest BCUT2D eigenvalue weighted by molar-refractivity contribution is 0.200. The molecule has 15 heteroatoms. The first kappa shape index (κ1) is 36.9. The Labute approximate surface area is 296 Å². The highest BCUT2D eigenvalue weighted by atomic mass is 127. The molecule has 0 spiro atoms. The monoisotopic (exact) mass is 858 g/mol. The van der Waals surface area contributed by atoms with Gasteiger partial charge in [0.2, 0.25) is 11.9 Å². The number of nitrogen functional groups attached to an aromatic ring is 4. The molecule has 0 aliphatic rings. The van der Waals surface area contributed by atoms with Crippen molar-refractivity contribution < 1.29 is 24.1 Å². The lowest BCUT2D eigenvalue weighted by atomic mass is 10.0. The Morgan fingerprint density at radius 3 is 1.41 bits per heavy atom. The van der Waals surface area contributed by atoms with E-state index in [1.54, 1.807) is 0 Å². The van der Waals surface area contributed by atoms with Crippen LogP contribution in [0.25, 0.3) is 0 Å². The van der Waals surface area contributed by atoms with E-state index in [0.717, 1.165) is 30.4 Å². The number of rotatable bonds is 12. The molecule has 0 saturated heterocycles. The molecule has 46 heavy (non-hydrogen) atoms. The summed E-state index contributed by atoms with van der Waals surface area (Å²) in [4.78, 5) is 15.6. The third-order valence-electron chi connectivity index (χ3n) is 6.23. The number of aromatic nitrogens is 4. The summed E-state index contributed by atoms with van der Waals surface area (Å²) >= 11 is 4.39. The fourth-order valence-electron chi connectivity index (χ4n) is 3.96. The van der Waals surface area contributed by atoms with Crippen molar-refractivity contribution in [2.45, 2.75) is 52.9 Å². The van der Waals surface area contributed by atoms with Gasteiger partial charge in [0.1, 0.15) is 29.6 Å². The normalized spacial score (nSPS) is 10.8. The van der Waals surface area contributed by atoms with E-state index < -0.39 is 0 Å². The molecule has 13 nitrogen and oxygen atoms in total. The molecule has 4 aromatic rings. The highest BCUT2D eigenvalue weighted by Crippen LogP contribution is 2.39. The van der Waals surface area contributed by atoms with E-state index in [-0.39, 0.29) is 48.6 Å². The second-order valence-electron chi connectivity index (χ2n) is 10.5. The van der Waals surface area contributed by atoms with Crippen LogP contribution in [-0.4, -0.2) is 44.9 Å². The first-order valence-corrected chi connectivity index (χ1v) is 16.6. The molecular weight excluding hydrogens is 818 g/mol. The number of aliphatic hydroxyl groups excluding tert-OH is 1. The summed E-state index contributed by atoms with van der Waals surface area (Å²) in [6.07, 6.45) is 3.89. The van der Waals surface area contributed by atoms with Crippen LogP contribution in [0.4, 0.5) is 23.5 Å². The maximum absolute atomic E-state index is 8.91. The van der Waals surface area contributed by atoms with Gasteiger partial charge in [-0.25, -0.2) is 9.97 Å². The predicted molar refractivity (Wildman–Crippen MR) is 197 cm³/mol. The second kappa shape index (κ2) is 17.4. The van der Waals surface area contributed by atoms with Gasteiger partial charge >= 0.3 is 0 Å². The van der Waals surface area contributed by atoms with Gasteiger partial charge in [-0.15, -0.1) is 0 Å². The number of hydrogen-bond donors (Lipinski definition) is 5. The minimum atomic E-state index is -0.0371. The Morgan fingerprint density at radius 2 is 1.07 bits per heavy atom. The van der Waals surface area contributed by atoms with Crippen LogP contribution in [0.1, 0.15) is 64.0 Å². The van der Waals surface area contributed by atoms with Gasteiger partial charge in [0, 0.05) is 11.1 Å². The molecule has 2 aromatic heterocycles. The Bertz CT molecular complexity index is 1510. The van der Waals surface area contributed by atoms with Crippen LogP contribution in [-0.2, 0) is 0 Å².